The molecule has 0 heterocycles. The fraction of sp³-hybridized carbons (Fsp3) is 0.235. The lowest BCUT2D eigenvalue weighted by Gasteiger charge is -2.09. The summed E-state index contributed by atoms with van der Waals surface area (Å²) in [7, 11) is 1.55. The van der Waals surface area contributed by atoms with E-state index in [1.807, 2.05) is 30.3 Å². The van der Waals surface area contributed by atoms with Crippen LogP contribution in [0.5, 0.6) is 5.75 Å². The number of nitrogens with one attached hydrogen (secondary N) is 1. The van der Waals surface area contributed by atoms with E-state index in [1.54, 1.807) is 31.0 Å². The predicted molar refractivity (Wildman–Crippen MR) is 98.0 cm³/mol. The summed E-state index contributed by atoms with van der Waals surface area (Å²) < 4.78 is 5.18. The van der Waals surface area contributed by atoms with Gasteiger partial charge in [-0.1, -0.05) is 41.4 Å². The number of benzene rings is 2. The molecule has 2 aromatic carbocycles. The van der Waals surface area contributed by atoms with Gasteiger partial charge in [0.1, 0.15) is 5.75 Å². The lowest BCUT2D eigenvalue weighted by Crippen LogP contribution is -2.26. The lowest BCUT2D eigenvalue weighted by molar-refractivity contribution is 0.0953. The first-order valence-corrected chi connectivity index (χ1v) is 8.96. The molecule has 0 aromatic heterocycles. The number of carbonyl (C=O) groups excluding carboxylic acids is 1. The first-order valence-electron chi connectivity index (χ1n) is 7.05. The van der Waals surface area contributed by atoms with E-state index in [1.165, 1.54) is 0 Å². The number of thioether (sulfide) groups is 1. The molecule has 23 heavy (non-hydrogen) atoms. The molecule has 0 spiro atoms. The van der Waals surface area contributed by atoms with Crippen molar-refractivity contribution in [2.75, 3.05) is 19.4 Å². The second-order valence-corrected chi connectivity index (χ2v) is 6.63. The molecule has 0 radical (unpaired) electrons. The Morgan fingerprint density at radius 2 is 1.83 bits per heavy atom. The van der Waals surface area contributed by atoms with Crippen LogP contribution in [0, 0.1) is 0 Å². The van der Waals surface area contributed by atoms with Crippen molar-refractivity contribution >= 4 is 40.9 Å². The minimum absolute atomic E-state index is 0.140. The Morgan fingerprint density at radius 1 is 1.13 bits per heavy atom. The molecule has 0 aliphatic rings. The molecule has 122 valence electrons. The number of carbonyl (C=O) groups is 1. The summed E-state index contributed by atoms with van der Waals surface area (Å²) in [6.07, 6.45) is 0. The Balaban J connectivity index is 1.78. The molecule has 0 saturated heterocycles. The lowest BCUT2D eigenvalue weighted by atomic mass is 10.2. The molecule has 0 unspecified atom stereocenters. The topological polar surface area (TPSA) is 38.3 Å². The standard InChI is InChI=1S/C17H17Cl2NO2S/c1-22-16-8-3-2-5-12(16)17(21)20-9-10-23-11-13-14(18)6-4-7-15(13)19/h2-8H,9-11H2,1H3,(H,20,21). The normalized spacial score (nSPS) is 10.4. The second kappa shape index (κ2) is 9.06. The van der Waals surface area contributed by atoms with Gasteiger partial charge in [-0.2, -0.15) is 11.8 Å². The van der Waals surface area contributed by atoms with Crippen LogP contribution in [-0.2, 0) is 5.75 Å². The maximum absolute atomic E-state index is 12.1. The van der Waals surface area contributed by atoms with Crippen molar-refractivity contribution in [1.29, 1.82) is 0 Å². The van der Waals surface area contributed by atoms with Gasteiger partial charge in [0.25, 0.3) is 5.91 Å². The fourth-order valence-corrected chi connectivity index (χ4v) is 3.60. The highest BCUT2D eigenvalue weighted by atomic mass is 35.5. The average Bonchev–Trinajstić information content (AvgIpc) is 2.56. The molecule has 2 rings (SSSR count). The number of hydrogen-bond donors (Lipinski definition) is 1. The molecule has 2 aromatic rings. The van der Waals surface area contributed by atoms with Gasteiger partial charge < -0.3 is 10.1 Å². The smallest absolute Gasteiger partial charge is 0.255 e. The molecule has 0 aliphatic heterocycles. The molecule has 0 bridgehead atoms. The number of methoxy groups -OCH3 is 1. The zero-order valence-electron chi connectivity index (χ0n) is 12.6. The summed E-state index contributed by atoms with van der Waals surface area (Å²) in [6, 6.07) is 12.6. The molecular formula is C17H17Cl2NO2S. The number of hydrogen-bond acceptors (Lipinski definition) is 3. The van der Waals surface area contributed by atoms with Crippen LogP contribution in [0.3, 0.4) is 0 Å². The molecule has 6 heteroatoms. The molecule has 1 amide bonds. The zero-order chi connectivity index (χ0) is 16.7. The minimum Gasteiger partial charge on any atom is -0.496 e. The Kier molecular flexibility index (Phi) is 7.09. The fourth-order valence-electron chi connectivity index (χ4n) is 2.01. The largest absolute Gasteiger partial charge is 0.496 e. The number of halogens is 2. The van der Waals surface area contributed by atoms with Crippen molar-refractivity contribution in [2.45, 2.75) is 5.75 Å². The second-order valence-electron chi connectivity index (χ2n) is 4.71. The summed E-state index contributed by atoms with van der Waals surface area (Å²) in [5.74, 6) is 1.91. The van der Waals surface area contributed by atoms with Crippen molar-refractivity contribution < 1.29 is 9.53 Å². The highest BCUT2D eigenvalue weighted by molar-refractivity contribution is 7.98. The van der Waals surface area contributed by atoms with Crippen LogP contribution < -0.4 is 10.1 Å². The van der Waals surface area contributed by atoms with Crippen molar-refractivity contribution in [3.8, 4) is 5.75 Å². The minimum atomic E-state index is -0.140. The van der Waals surface area contributed by atoms with E-state index in [0.717, 1.165) is 11.3 Å². The molecule has 3 nitrogen and oxygen atoms in total. The van der Waals surface area contributed by atoms with Crippen LogP contribution >= 0.6 is 35.0 Å². The Morgan fingerprint density at radius 3 is 2.52 bits per heavy atom. The van der Waals surface area contributed by atoms with Gasteiger partial charge in [-0.05, 0) is 29.8 Å². The highest BCUT2D eigenvalue weighted by Gasteiger charge is 2.10. The number of amides is 1. The van der Waals surface area contributed by atoms with E-state index in [0.29, 0.717) is 33.7 Å². The number of ether oxygens (including phenoxy) is 1. The Hall–Kier alpha value is -1.36. The van der Waals surface area contributed by atoms with Crippen LogP contribution in [0.25, 0.3) is 0 Å². The Bertz CT molecular complexity index is 659. The van der Waals surface area contributed by atoms with Gasteiger partial charge >= 0.3 is 0 Å². The van der Waals surface area contributed by atoms with E-state index >= 15 is 0 Å². The SMILES string of the molecule is COc1ccccc1C(=O)NCCSCc1c(Cl)cccc1Cl. The van der Waals surface area contributed by atoms with Crippen LogP contribution in [0.15, 0.2) is 42.5 Å². The monoisotopic (exact) mass is 369 g/mol. The van der Waals surface area contributed by atoms with Crippen LogP contribution in [-0.4, -0.2) is 25.3 Å². The molecular weight excluding hydrogens is 353 g/mol. The van der Waals surface area contributed by atoms with Crippen molar-refractivity contribution in [1.82, 2.24) is 5.32 Å². The van der Waals surface area contributed by atoms with Gasteiger partial charge in [-0.3, -0.25) is 4.79 Å². The first-order chi connectivity index (χ1) is 11.1. The average molecular weight is 370 g/mol. The molecule has 1 N–H and O–H groups in total. The predicted octanol–water partition coefficient (Wildman–Crippen LogP) is 4.67. The van der Waals surface area contributed by atoms with Crippen molar-refractivity contribution in [3.05, 3.63) is 63.6 Å². The van der Waals surface area contributed by atoms with Gasteiger partial charge in [0, 0.05) is 28.1 Å². The third-order valence-corrected chi connectivity index (χ3v) is 4.89. The van der Waals surface area contributed by atoms with E-state index < -0.39 is 0 Å². The van der Waals surface area contributed by atoms with Crippen LogP contribution in [0.2, 0.25) is 10.0 Å². The first kappa shape index (κ1) is 18.0. The molecule has 0 atom stereocenters. The Labute approximate surface area is 150 Å². The summed E-state index contributed by atoms with van der Waals surface area (Å²) in [5.41, 5.74) is 1.46. The quantitative estimate of drug-likeness (QED) is 0.720. The van der Waals surface area contributed by atoms with Crippen molar-refractivity contribution in [2.24, 2.45) is 0 Å². The summed E-state index contributed by atoms with van der Waals surface area (Å²) >= 11 is 13.9. The van der Waals surface area contributed by atoms with Gasteiger partial charge in [-0.15, -0.1) is 0 Å². The van der Waals surface area contributed by atoms with Gasteiger partial charge in [0.05, 0.1) is 12.7 Å². The van der Waals surface area contributed by atoms with E-state index in [-0.39, 0.29) is 5.91 Å². The molecule has 0 saturated carbocycles. The van der Waals surface area contributed by atoms with E-state index in [9.17, 15) is 4.79 Å². The van der Waals surface area contributed by atoms with Gasteiger partial charge in [-0.25, -0.2) is 0 Å². The zero-order valence-corrected chi connectivity index (χ0v) is 15.0. The third kappa shape index (κ3) is 5.06. The summed E-state index contributed by atoms with van der Waals surface area (Å²) in [5, 5.41) is 4.22. The highest BCUT2D eigenvalue weighted by Crippen LogP contribution is 2.28. The number of para-hydroxylation sites is 1. The van der Waals surface area contributed by atoms with Gasteiger partial charge in [0.2, 0.25) is 0 Å². The third-order valence-electron chi connectivity index (χ3n) is 3.19. The number of rotatable bonds is 7. The summed E-state index contributed by atoms with van der Waals surface area (Å²) in [6.45, 7) is 0.559. The van der Waals surface area contributed by atoms with Crippen molar-refractivity contribution in [3.63, 3.8) is 0 Å². The maximum atomic E-state index is 12.1. The molecule has 0 fully saturated rings. The van der Waals surface area contributed by atoms with Gasteiger partial charge in [0.15, 0.2) is 0 Å². The van der Waals surface area contributed by atoms with E-state index in [4.69, 9.17) is 27.9 Å². The maximum Gasteiger partial charge on any atom is 0.255 e. The van der Waals surface area contributed by atoms with Crippen LogP contribution in [0.1, 0.15) is 15.9 Å². The summed E-state index contributed by atoms with van der Waals surface area (Å²) in [4.78, 5) is 12.1. The van der Waals surface area contributed by atoms with E-state index in [2.05, 4.69) is 5.32 Å². The van der Waals surface area contributed by atoms with Crippen LogP contribution in [0.4, 0.5) is 0 Å². The molecule has 0 aliphatic carbocycles.